The molecule has 5 nitrogen and oxygen atoms in total. The van der Waals surface area contributed by atoms with Crippen LogP contribution in [0.25, 0.3) is 0 Å². The summed E-state index contributed by atoms with van der Waals surface area (Å²) in [5.74, 6) is -1.17. The number of carbonyl (C=O) groups excluding carboxylic acids is 1. The smallest absolute Gasteiger partial charge is 0.312 e. The van der Waals surface area contributed by atoms with Gasteiger partial charge in [-0.05, 0) is 18.4 Å². The van der Waals surface area contributed by atoms with Gasteiger partial charge in [0, 0.05) is 19.4 Å². The van der Waals surface area contributed by atoms with Gasteiger partial charge in [-0.15, -0.1) is 0 Å². The van der Waals surface area contributed by atoms with Crippen LogP contribution >= 0.6 is 0 Å². The summed E-state index contributed by atoms with van der Waals surface area (Å²) in [7, 11) is 0. The number of piperidine rings is 1. The van der Waals surface area contributed by atoms with E-state index in [9.17, 15) is 14.7 Å². The maximum atomic E-state index is 15.4. The highest BCUT2D eigenvalue weighted by molar-refractivity contribution is 5.92. The van der Waals surface area contributed by atoms with Crippen molar-refractivity contribution in [1.29, 1.82) is 0 Å². The second-order valence-electron chi connectivity index (χ2n) is 7.38. The number of carboxylic acids is 1. The van der Waals surface area contributed by atoms with E-state index in [0.717, 1.165) is 0 Å². The van der Waals surface area contributed by atoms with Crippen molar-refractivity contribution in [3.63, 3.8) is 0 Å². The minimum Gasteiger partial charge on any atom is -0.481 e. The van der Waals surface area contributed by atoms with E-state index in [0.29, 0.717) is 24.9 Å². The molecule has 4 fully saturated rings. The molecule has 0 aromatic heterocycles. The van der Waals surface area contributed by atoms with Crippen molar-refractivity contribution < 1.29 is 23.8 Å². The number of carboxylic acid groups (broad SMARTS) is 1. The highest BCUT2D eigenvalue weighted by atomic mass is 19.1. The molecule has 1 aromatic carbocycles. The van der Waals surface area contributed by atoms with Gasteiger partial charge in [0.15, 0.2) is 5.67 Å². The Bertz CT molecular complexity index is 686. The predicted octanol–water partition coefficient (Wildman–Crippen LogP) is 2.11. The van der Waals surface area contributed by atoms with Gasteiger partial charge in [-0.25, -0.2) is 4.39 Å². The van der Waals surface area contributed by atoms with Gasteiger partial charge in [-0.2, -0.15) is 0 Å². The Labute approximate surface area is 139 Å². The van der Waals surface area contributed by atoms with E-state index in [2.05, 4.69) is 0 Å². The summed E-state index contributed by atoms with van der Waals surface area (Å²) < 4.78 is 21.0. The first-order valence-electron chi connectivity index (χ1n) is 8.31. The normalized spacial score (nSPS) is 37.8. The van der Waals surface area contributed by atoms with Crippen LogP contribution in [0.2, 0.25) is 0 Å². The van der Waals surface area contributed by atoms with Crippen LogP contribution in [0.1, 0.15) is 31.2 Å². The minimum absolute atomic E-state index is 0.00102. The van der Waals surface area contributed by atoms with Gasteiger partial charge in [0.2, 0.25) is 0 Å². The Morgan fingerprint density at radius 1 is 1.21 bits per heavy atom. The molecule has 1 N–H and O–H groups in total. The van der Waals surface area contributed by atoms with Crippen molar-refractivity contribution in [1.82, 2.24) is 4.90 Å². The fraction of sp³-hybridized carbons (Fsp3) is 0.556. The van der Waals surface area contributed by atoms with Crippen molar-refractivity contribution in [2.75, 3.05) is 19.7 Å². The first kappa shape index (κ1) is 15.6. The largest absolute Gasteiger partial charge is 0.481 e. The summed E-state index contributed by atoms with van der Waals surface area (Å²) in [6, 6.07) is 8.92. The topological polar surface area (TPSA) is 66.8 Å². The van der Waals surface area contributed by atoms with Gasteiger partial charge >= 0.3 is 5.97 Å². The lowest BCUT2D eigenvalue weighted by Crippen LogP contribution is -2.60. The molecule has 1 unspecified atom stereocenters. The SMILES string of the molecule is O=C(O)C12COC(C(=O)N3CCCC(F)(c4ccccc4)C3)(C1)C2. The van der Waals surface area contributed by atoms with E-state index in [1.54, 1.807) is 24.3 Å². The molecule has 6 heteroatoms. The zero-order valence-electron chi connectivity index (χ0n) is 13.3. The fourth-order valence-corrected chi connectivity index (χ4v) is 4.39. The third-order valence-corrected chi connectivity index (χ3v) is 5.74. The molecule has 24 heavy (non-hydrogen) atoms. The second-order valence-corrected chi connectivity index (χ2v) is 7.38. The van der Waals surface area contributed by atoms with E-state index >= 15 is 4.39 Å². The van der Waals surface area contributed by atoms with Crippen LogP contribution < -0.4 is 0 Å². The Kier molecular flexibility index (Phi) is 3.26. The lowest BCUT2D eigenvalue weighted by Gasteiger charge is -2.45. The molecule has 0 spiro atoms. The summed E-state index contributed by atoms with van der Waals surface area (Å²) >= 11 is 0. The molecule has 3 aliphatic heterocycles. The zero-order valence-corrected chi connectivity index (χ0v) is 13.3. The summed E-state index contributed by atoms with van der Waals surface area (Å²) in [5, 5.41) is 9.28. The molecule has 5 rings (SSSR count). The van der Waals surface area contributed by atoms with Crippen molar-refractivity contribution in [2.45, 2.75) is 37.0 Å². The van der Waals surface area contributed by atoms with Gasteiger partial charge in [-0.3, -0.25) is 9.59 Å². The van der Waals surface area contributed by atoms with E-state index in [-0.39, 0.29) is 31.9 Å². The average Bonchev–Trinajstić information content (AvgIpc) is 3.13. The van der Waals surface area contributed by atoms with Crippen molar-refractivity contribution in [3.8, 4) is 0 Å². The molecular formula is C18H20FNO4. The number of hydrogen-bond donors (Lipinski definition) is 1. The Hall–Kier alpha value is -1.95. The van der Waals surface area contributed by atoms with E-state index in [1.165, 1.54) is 4.90 Å². The van der Waals surface area contributed by atoms with Gasteiger partial charge in [0.1, 0.15) is 5.60 Å². The van der Waals surface area contributed by atoms with Crippen LogP contribution in [0, 0.1) is 5.41 Å². The van der Waals surface area contributed by atoms with Crippen molar-refractivity contribution in [2.24, 2.45) is 5.41 Å². The molecule has 3 saturated heterocycles. The number of nitrogens with zero attached hydrogens (tertiary/aromatic N) is 1. The summed E-state index contributed by atoms with van der Waals surface area (Å²) in [4.78, 5) is 25.7. The molecule has 1 amide bonds. The van der Waals surface area contributed by atoms with Gasteiger partial charge in [-0.1, -0.05) is 30.3 Å². The Morgan fingerprint density at radius 3 is 2.54 bits per heavy atom. The van der Waals surface area contributed by atoms with Gasteiger partial charge in [0.05, 0.1) is 18.6 Å². The second kappa shape index (κ2) is 5.02. The lowest BCUT2D eigenvalue weighted by atomic mass is 9.62. The number of carbonyl (C=O) groups is 2. The number of fused-ring (bicyclic) bond motifs is 1. The number of ether oxygens (including phenoxy) is 1. The molecule has 1 aliphatic carbocycles. The predicted molar refractivity (Wildman–Crippen MR) is 83.0 cm³/mol. The maximum Gasteiger partial charge on any atom is 0.312 e. The van der Waals surface area contributed by atoms with E-state index in [4.69, 9.17) is 4.74 Å². The van der Waals surface area contributed by atoms with Gasteiger partial charge in [0.25, 0.3) is 5.91 Å². The number of amides is 1. The maximum absolute atomic E-state index is 15.4. The highest BCUT2D eigenvalue weighted by Crippen LogP contribution is 2.59. The number of alkyl halides is 1. The molecule has 0 radical (unpaired) electrons. The molecular weight excluding hydrogens is 313 g/mol. The third kappa shape index (κ3) is 2.09. The summed E-state index contributed by atoms with van der Waals surface area (Å²) in [6.45, 7) is 0.560. The molecule has 4 aliphatic rings. The molecule has 1 atom stereocenters. The monoisotopic (exact) mass is 333 g/mol. The Morgan fingerprint density at radius 2 is 1.92 bits per heavy atom. The van der Waals surface area contributed by atoms with Gasteiger partial charge < -0.3 is 14.7 Å². The van der Waals surface area contributed by atoms with Crippen molar-refractivity contribution >= 4 is 11.9 Å². The highest BCUT2D eigenvalue weighted by Gasteiger charge is 2.71. The van der Waals surface area contributed by atoms with Crippen molar-refractivity contribution in [3.05, 3.63) is 35.9 Å². The fourth-order valence-electron chi connectivity index (χ4n) is 4.39. The van der Waals surface area contributed by atoms with Crippen LogP contribution in [0.3, 0.4) is 0 Å². The van der Waals surface area contributed by atoms with E-state index in [1.807, 2.05) is 6.07 Å². The molecule has 1 saturated carbocycles. The summed E-state index contributed by atoms with van der Waals surface area (Å²) in [5.41, 5.74) is -2.94. The number of aliphatic carboxylic acids is 1. The molecule has 128 valence electrons. The summed E-state index contributed by atoms with van der Waals surface area (Å²) in [6.07, 6.45) is 1.37. The first-order valence-corrected chi connectivity index (χ1v) is 8.31. The third-order valence-electron chi connectivity index (χ3n) is 5.74. The quantitative estimate of drug-likeness (QED) is 0.920. The number of benzene rings is 1. The number of hydrogen-bond acceptors (Lipinski definition) is 3. The zero-order chi connectivity index (χ0) is 17.0. The van der Waals surface area contributed by atoms with Crippen LogP contribution in [-0.4, -0.2) is 47.2 Å². The van der Waals surface area contributed by atoms with Crippen LogP contribution in [0.4, 0.5) is 4.39 Å². The standard InChI is InChI=1S/C18H20FNO4/c19-17(13-5-2-1-3-6-13)7-4-8-20(11-17)14(21)18-9-16(10-18,12-24-18)15(22)23/h1-3,5-6H,4,7-12H2,(H,22,23). The van der Waals surface area contributed by atoms with Crippen LogP contribution in [0.15, 0.2) is 30.3 Å². The molecule has 2 bridgehead atoms. The first-order chi connectivity index (χ1) is 11.4. The number of rotatable bonds is 3. The lowest BCUT2D eigenvalue weighted by molar-refractivity contribution is -0.167. The van der Waals surface area contributed by atoms with Crippen LogP contribution in [-0.2, 0) is 20.0 Å². The molecule has 1 aromatic rings. The number of likely N-dealkylation sites (tertiary alicyclic amines) is 1. The number of halogens is 1. The van der Waals surface area contributed by atoms with E-state index < -0.39 is 22.7 Å². The Balaban J connectivity index is 1.52. The minimum atomic E-state index is -1.56. The van der Waals surface area contributed by atoms with Crippen LogP contribution in [0.5, 0.6) is 0 Å². The molecule has 3 heterocycles. The average molecular weight is 333 g/mol.